The molecule has 3 aliphatic carbocycles. The first-order chi connectivity index (χ1) is 14.5. The third-order valence-electron chi connectivity index (χ3n) is 9.58. The molecule has 3 atom stereocenters. The highest BCUT2D eigenvalue weighted by Crippen LogP contribution is 2.46. The van der Waals surface area contributed by atoms with Crippen molar-refractivity contribution in [2.45, 2.75) is 135 Å². The molecular weight excluding hydrogens is 360 g/mol. The van der Waals surface area contributed by atoms with E-state index in [1.807, 2.05) is 0 Å². The zero-order valence-corrected chi connectivity index (χ0v) is 20.5. The van der Waals surface area contributed by atoms with Gasteiger partial charge in [0.2, 0.25) is 0 Å². The molecule has 0 amide bonds. The summed E-state index contributed by atoms with van der Waals surface area (Å²) in [5.41, 5.74) is 6.97. The van der Waals surface area contributed by atoms with Crippen molar-refractivity contribution in [3.05, 3.63) is 34.4 Å². The fourth-order valence-corrected chi connectivity index (χ4v) is 7.25. The van der Waals surface area contributed by atoms with E-state index in [1.54, 1.807) is 22.3 Å². The number of rotatable bonds is 5. The van der Waals surface area contributed by atoms with Gasteiger partial charge in [0.05, 0.1) is 0 Å². The Bertz CT molecular complexity index is 632. The van der Waals surface area contributed by atoms with Gasteiger partial charge in [-0.15, -0.1) is 0 Å². The molecule has 3 saturated carbocycles. The first-order valence-corrected chi connectivity index (χ1v) is 13.7. The van der Waals surface area contributed by atoms with E-state index in [2.05, 4.69) is 39.8 Å². The molecule has 0 saturated heterocycles. The highest BCUT2D eigenvalue weighted by molar-refractivity contribution is 5.44. The lowest BCUT2D eigenvalue weighted by Crippen LogP contribution is -2.24. The van der Waals surface area contributed by atoms with Crippen LogP contribution in [0, 0.1) is 24.7 Å². The lowest BCUT2D eigenvalue weighted by atomic mass is 9.69. The quantitative estimate of drug-likeness (QED) is 0.455. The Hall–Kier alpha value is -0.780. The van der Waals surface area contributed by atoms with Gasteiger partial charge in [-0.2, -0.15) is 0 Å². The highest BCUT2D eigenvalue weighted by atomic mass is 14.4. The molecule has 0 heteroatoms. The maximum atomic E-state index is 2.73. The van der Waals surface area contributed by atoms with Crippen molar-refractivity contribution < 1.29 is 0 Å². The molecule has 0 bridgehead atoms. The van der Waals surface area contributed by atoms with Crippen molar-refractivity contribution in [2.24, 2.45) is 17.8 Å². The van der Waals surface area contributed by atoms with E-state index in [1.165, 1.54) is 89.9 Å². The molecule has 0 aromatic heterocycles. The van der Waals surface area contributed by atoms with E-state index in [4.69, 9.17) is 0 Å². The summed E-state index contributed by atoms with van der Waals surface area (Å²) >= 11 is 0. The number of hydrogen-bond acceptors (Lipinski definition) is 0. The zero-order valence-electron chi connectivity index (χ0n) is 20.5. The zero-order chi connectivity index (χ0) is 21.1. The van der Waals surface area contributed by atoms with E-state index < -0.39 is 0 Å². The van der Waals surface area contributed by atoms with E-state index in [9.17, 15) is 0 Å². The van der Waals surface area contributed by atoms with Crippen LogP contribution < -0.4 is 0 Å². The topological polar surface area (TPSA) is 0 Å². The molecule has 3 aliphatic rings. The first-order valence-electron chi connectivity index (χ1n) is 13.7. The molecule has 0 spiro atoms. The summed E-state index contributed by atoms with van der Waals surface area (Å²) in [4.78, 5) is 0. The van der Waals surface area contributed by atoms with Crippen LogP contribution in [0.15, 0.2) is 12.1 Å². The van der Waals surface area contributed by atoms with Crippen LogP contribution in [-0.2, 0) is 0 Å². The minimum Gasteiger partial charge on any atom is -0.0625 e. The lowest BCUT2D eigenvalue weighted by Gasteiger charge is -2.36. The minimum absolute atomic E-state index is 0.815. The fraction of sp³-hybridized carbons (Fsp3) is 0.800. The van der Waals surface area contributed by atoms with Gasteiger partial charge >= 0.3 is 0 Å². The Morgan fingerprint density at radius 2 is 1.13 bits per heavy atom. The van der Waals surface area contributed by atoms with Crippen molar-refractivity contribution >= 4 is 0 Å². The van der Waals surface area contributed by atoms with Crippen LogP contribution in [0.5, 0.6) is 0 Å². The van der Waals surface area contributed by atoms with Crippen molar-refractivity contribution in [3.8, 4) is 0 Å². The molecular formula is C30H48. The van der Waals surface area contributed by atoms with E-state index in [-0.39, 0.29) is 0 Å². The van der Waals surface area contributed by atoms with E-state index in [0.717, 1.165) is 35.5 Å². The standard InChI is InChI=1S/C30H48/c1-21(2)22(3)26-16-11-17-27(18-26)28-19-29(24-12-7-5-8-13-24)23(4)30(20-28)25-14-9-6-10-15-25/h19-22,24-27H,5-18H2,1-4H3. The minimum atomic E-state index is 0.815. The van der Waals surface area contributed by atoms with Crippen molar-refractivity contribution in [3.63, 3.8) is 0 Å². The Balaban J connectivity index is 1.65. The Morgan fingerprint density at radius 3 is 1.63 bits per heavy atom. The third-order valence-corrected chi connectivity index (χ3v) is 9.58. The van der Waals surface area contributed by atoms with Gasteiger partial charge in [-0.25, -0.2) is 0 Å². The summed E-state index contributed by atoms with van der Waals surface area (Å²) in [6, 6.07) is 5.45. The largest absolute Gasteiger partial charge is 0.0625 e. The molecule has 4 rings (SSSR count). The summed E-state index contributed by atoms with van der Waals surface area (Å²) in [7, 11) is 0. The van der Waals surface area contributed by atoms with Gasteiger partial charge in [-0.3, -0.25) is 0 Å². The summed E-state index contributed by atoms with van der Waals surface area (Å²) in [6.07, 6.45) is 20.2. The second-order valence-electron chi connectivity index (χ2n) is 11.7. The Kier molecular flexibility index (Phi) is 7.64. The lowest BCUT2D eigenvalue weighted by molar-refractivity contribution is 0.198. The van der Waals surface area contributed by atoms with Crippen molar-refractivity contribution in [1.82, 2.24) is 0 Å². The molecule has 0 N–H and O–H groups in total. The van der Waals surface area contributed by atoms with Gasteiger partial charge in [0.1, 0.15) is 0 Å². The Labute approximate surface area is 187 Å². The average Bonchev–Trinajstić information content (AvgIpc) is 2.80. The van der Waals surface area contributed by atoms with Crippen molar-refractivity contribution in [2.75, 3.05) is 0 Å². The third kappa shape index (κ3) is 4.99. The Morgan fingerprint density at radius 1 is 0.633 bits per heavy atom. The van der Waals surface area contributed by atoms with Gasteiger partial charge in [0.15, 0.2) is 0 Å². The van der Waals surface area contributed by atoms with E-state index >= 15 is 0 Å². The van der Waals surface area contributed by atoms with Crippen LogP contribution in [0.25, 0.3) is 0 Å². The van der Waals surface area contributed by atoms with Crippen LogP contribution in [0.3, 0.4) is 0 Å². The smallest absolute Gasteiger partial charge is 0.0159 e. The summed E-state index contributed by atoms with van der Waals surface area (Å²) in [5, 5.41) is 0. The van der Waals surface area contributed by atoms with Crippen LogP contribution in [-0.4, -0.2) is 0 Å². The molecule has 0 heterocycles. The summed E-state index contributed by atoms with van der Waals surface area (Å²) < 4.78 is 0. The molecule has 3 fully saturated rings. The monoisotopic (exact) mass is 408 g/mol. The van der Waals surface area contributed by atoms with E-state index in [0.29, 0.717) is 0 Å². The molecule has 0 radical (unpaired) electrons. The second kappa shape index (κ2) is 10.2. The predicted octanol–water partition coefficient (Wildman–Crippen LogP) is 9.66. The van der Waals surface area contributed by atoms with Gasteiger partial charge in [0, 0.05) is 0 Å². The van der Waals surface area contributed by atoms with Crippen molar-refractivity contribution in [1.29, 1.82) is 0 Å². The van der Waals surface area contributed by atoms with Crippen LogP contribution in [0.4, 0.5) is 0 Å². The maximum Gasteiger partial charge on any atom is -0.0159 e. The molecule has 3 unspecified atom stereocenters. The molecule has 1 aromatic carbocycles. The van der Waals surface area contributed by atoms with Gasteiger partial charge < -0.3 is 0 Å². The summed E-state index contributed by atoms with van der Waals surface area (Å²) in [5.74, 6) is 5.12. The van der Waals surface area contributed by atoms with Gasteiger partial charge in [-0.05, 0) is 103 Å². The second-order valence-corrected chi connectivity index (χ2v) is 11.7. The molecule has 0 aliphatic heterocycles. The molecule has 168 valence electrons. The van der Waals surface area contributed by atoms with Gasteiger partial charge in [-0.1, -0.05) is 84.3 Å². The first kappa shape index (κ1) is 22.4. The van der Waals surface area contributed by atoms with Crippen LogP contribution in [0.2, 0.25) is 0 Å². The molecule has 0 nitrogen and oxygen atoms in total. The highest BCUT2D eigenvalue weighted by Gasteiger charge is 2.30. The normalized spacial score (nSPS) is 28.0. The predicted molar refractivity (Wildman–Crippen MR) is 132 cm³/mol. The average molecular weight is 409 g/mol. The number of benzene rings is 1. The fourth-order valence-electron chi connectivity index (χ4n) is 7.25. The molecule has 1 aromatic rings. The number of hydrogen-bond donors (Lipinski definition) is 0. The van der Waals surface area contributed by atoms with Crippen LogP contribution in [0.1, 0.15) is 151 Å². The SMILES string of the molecule is Cc1c(C2CCCCC2)cc(C2CCCC(C(C)C(C)C)C2)cc1C1CCCCC1. The van der Waals surface area contributed by atoms with Gasteiger partial charge in [0.25, 0.3) is 0 Å². The molecule has 30 heavy (non-hydrogen) atoms. The van der Waals surface area contributed by atoms with Crippen LogP contribution >= 0.6 is 0 Å². The maximum absolute atomic E-state index is 2.73. The summed E-state index contributed by atoms with van der Waals surface area (Å²) in [6.45, 7) is 9.88.